The summed E-state index contributed by atoms with van der Waals surface area (Å²) in [5.41, 5.74) is 3.82. The summed E-state index contributed by atoms with van der Waals surface area (Å²) in [5, 5.41) is 3.98. The Labute approximate surface area is 162 Å². The molecule has 2 heterocycles. The number of amides is 1. The van der Waals surface area contributed by atoms with Gasteiger partial charge < -0.3 is 10.1 Å². The van der Waals surface area contributed by atoms with Crippen LogP contribution in [0.2, 0.25) is 5.02 Å². The van der Waals surface area contributed by atoms with Crippen LogP contribution in [0.1, 0.15) is 27.8 Å². The molecule has 1 amide bonds. The lowest BCUT2D eigenvalue weighted by molar-refractivity contribution is 0.0993. The third kappa shape index (κ3) is 3.11. The van der Waals surface area contributed by atoms with Crippen LogP contribution in [0.15, 0.2) is 60.8 Å². The van der Waals surface area contributed by atoms with Crippen molar-refractivity contribution in [2.75, 3.05) is 17.3 Å². The highest BCUT2D eigenvalue weighted by atomic mass is 35.5. The van der Waals surface area contributed by atoms with Gasteiger partial charge in [0.15, 0.2) is 6.17 Å². The van der Waals surface area contributed by atoms with Crippen molar-refractivity contribution in [3.63, 3.8) is 0 Å². The van der Waals surface area contributed by atoms with Crippen LogP contribution in [0.4, 0.5) is 11.4 Å². The molecule has 27 heavy (non-hydrogen) atoms. The van der Waals surface area contributed by atoms with Crippen LogP contribution in [-0.2, 0) is 0 Å². The van der Waals surface area contributed by atoms with Gasteiger partial charge in [-0.1, -0.05) is 17.7 Å². The summed E-state index contributed by atoms with van der Waals surface area (Å²) in [6.07, 6.45) is 1.23. The predicted octanol–water partition coefficient (Wildman–Crippen LogP) is 4.82. The number of pyridine rings is 1. The van der Waals surface area contributed by atoms with Gasteiger partial charge >= 0.3 is 0 Å². The molecule has 136 valence electrons. The zero-order chi connectivity index (χ0) is 19.0. The quantitative estimate of drug-likeness (QED) is 0.705. The third-order valence-electron chi connectivity index (χ3n) is 4.57. The van der Waals surface area contributed by atoms with Crippen molar-refractivity contribution in [3.05, 3.63) is 82.6 Å². The monoisotopic (exact) mass is 379 g/mol. The van der Waals surface area contributed by atoms with Crippen LogP contribution in [0.3, 0.4) is 0 Å². The maximum atomic E-state index is 13.1. The molecule has 0 unspecified atom stereocenters. The van der Waals surface area contributed by atoms with Crippen LogP contribution < -0.4 is 15.0 Å². The van der Waals surface area contributed by atoms with E-state index in [1.54, 1.807) is 30.3 Å². The largest absolute Gasteiger partial charge is 0.497 e. The lowest BCUT2D eigenvalue weighted by atomic mass is 10.2. The van der Waals surface area contributed by atoms with Gasteiger partial charge in [0.05, 0.1) is 29.1 Å². The normalized spacial score (nSPS) is 15.6. The number of halogens is 1. The van der Waals surface area contributed by atoms with E-state index in [2.05, 4.69) is 10.3 Å². The lowest BCUT2D eigenvalue weighted by Gasteiger charge is -2.27. The fraction of sp³-hybridized carbons (Fsp3) is 0.143. The lowest BCUT2D eigenvalue weighted by Crippen LogP contribution is -2.32. The number of rotatable bonds is 4. The number of benzene rings is 2. The Morgan fingerprint density at radius 2 is 1.93 bits per heavy atom. The summed E-state index contributed by atoms with van der Waals surface area (Å²) < 4.78 is 5.22. The predicted molar refractivity (Wildman–Crippen MR) is 107 cm³/mol. The minimum Gasteiger partial charge on any atom is -0.497 e. The Bertz CT molecular complexity index is 1000. The molecule has 6 heteroatoms. The number of hydrogen-bond acceptors (Lipinski definition) is 4. The number of fused-ring (bicyclic) bond motifs is 1. The van der Waals surface area contributed by atoms with E-state index in [4.69, 9.17) is 16.3 Å². The number of nitrogens with zero attached hydrogens (tertiary/aromatic N) is 2. The number of carbonyl (C=O) groups excluding carboxylic acids is 1. The summed E-state index contributed by atoms with van der Waals surface area (Å²) in [5.74, 6) is 0.621. The van der Waals surface area contributed by atoms with Crippen molar-refractivity contribution >= 4 is 28.9 Å². The van der Waals surface area contributed by atoms with Gasteiger partial charge in [-0.2, -0.15) is 0 Å². The summed E-state index contributed by atoms with van der Waals surface area (Å²) in [6.45, 7) is 1.98. The number of aromatic nitrogens is 1. The minimum atomic E-state index is -0.456. The number of methoxy groups -OCH3 is 1. The van der Waals surface area contributed by atoms with Gasteiger partial charge in [0.25, 0.3) is 5.91 Å². The maximum Gasteiger partial charge on any atom is 0.262 e. The minimum absolute atomic E-state index is 0.107. The second-order valence-corrected chi connectivity index (χ2v) is 6.75. The first kappa shape index (κ1) is 17.4. The summed E-state index contributed by atoms with van der Waals surface area (Å²) in [7, 11) is 1.61. The van der Waals surface area contributed by atoms with Gasteiger partial charge in [-0.25, -0.2) is 0 Å². The molecule has 0 bridgehead atoms. The standard InChI is InChI=1S/C21H18ClN3O2/c1-13-5-10-18(17(22)12-13)24-20-19-16(4-3-11-23-19)21(26)25(20)14-6-8-15(27-2)9-7-14/h3-12,20,24H,1-2H3/t20-/m0/s1. The van der Waals surface area contributed by atoms with E-state index < -0.39 is 6.17 Å². The van der Waals surface area contributed by atoms with E-state index >= 15 is 0 Å². The van der Waals surface area contributed by atoms with Gasteiger partial charge in [0.2, 0.25) is 0 Å². The molecule has 0 aliphatic carbocycles. The first-order chi connectivity index (χ1) is 13.1. The Kier molecular flexibility index (Phi) is 4.46. The number of anilines is 2. The molecule has 0 saturated heterocycles. The molecule has 2 aromatic carbocycles. The topological polar surface area (TPSA) is 54.5 Å². The van der Waals surface area contributed by atoms with E-state index in [1.807, 2.05) is 49.4 Å². The average molecular weight is 380 g/mol. The molecule has 3 aromatic rings. The van der Waals surface area contributed by atoms with E-state index in [0.717, 1.165) is 22.7 Å². The van der Waals surface area contributed by atoms with Crippen LogP contribution >= 0.6 is 11.6 Å². The molecule has 1 N–H and O–H groups in total. The van der Waals surface area contributed by atoms with Gasteiger partial charge in [0.1, 0.15) is 5.75 Å². The number of hydrogen-bond donors (Lipinski definition) is 1. The SMILES string of the molecule is COc1ccc(N2C(=O)c3cccnc3[C@H]2Nc2ccc(C)cc2Cl)cc1. The van der Waals surface area contributed by atoms with Crippen molar-refractivity contribution in [1.29, 1.82) is 0 Å². The van der Waals surface area contributed by atoms with Gasteiger partial charge in [-0.3, -0.25) is 14.7 Å². The van der Waals surface area contributed by atoms with Crippen LogP contribution in [-0.4, -0.2) is 18.0 Å². The fourth-order valence-electron chi connectivity index (χ4n) is 3.21. The summed E-state index contributed by atoms with van der Waals surface area (Å²) in [4.78, 5) is 19.2. The van der Waals surface area contributed by atoms with Gasteiger partial charge in [-0.15, -0.1) is 0 Å². The highest BCUT2D eigenvalue weighted by Gasteiger charge is 2.39. The molecule has 1 aromatic heterocycles. The fourth-order valence-corrected chi connectivity index (χ4v) is 3.50. The molecular weight excluding hydrogens is 362 g/mol. The van der Waals surface area contributed by atoms with Crippen molar-refractivity contribution in [1.82, 2.24) is 4.98 Å². The summed E-state index contributed by atoms with van der Waals surface area (Å²) >= 11 is 6.40. The molecule has 1 atom stereocenters. The van der Waals surface area contributed by atoms with Crippen molar-refractivity contribution in [3.8, 4) is 5.75 Å². The Balaban J connectivity index is 1.77. The van der Waals surface area contributed by atoms with E-state index in [-0.39, 0.29) is 5.91 Å². The van der Waals surface area contributed by atoms with Crippen molar-refractivity contribution in [2.45, 2.75) is 13.1 Å². The van der Waals surface area contributed by atoms with Crippen molar-refractivity contribution < 1.29 is 9.53 Å². The van der Waals surface area contributed by atoms with Gasteiger partial charge in [0, 0.05) is 11.9 Å². The van der Waals surface area contributed by atoms with Crippen LogP contribution in [0.25, 0.3) is 0 Å². The number of aryl methyl sites for hydroxylation is 1. The summed E-state index contributed by atoms with van der Waals surface area (Å²) in [6, 6.07) is 16.7. The molecule has 0 spiro atoms. The van der Waals surface area contributed by atoms with Gasteiger partial charge in [-0.05, 0) is 61.0 Å². The molecular formula is C21H18ClN3O2. The molecule has 0 saturated carbocycles. The first-order valence-corrected chi connectivity index (χ1v) is 8.91. The second kappa shape index (κ2) is 6.93. The molecule has 4 rings (SSSR count). The zero-order valence-electron chi connectivity index (χ0n) is 14.9. The molecule has 1 aliphatic heterocycles. The third-order valence-corrected chi connectivity index (χ3v) is 4.89. The Morgan fingerprint density at radius 1 is 1.15 bits per heavy atom. The Hall–Kier alpha value is -3.05. The average Bonchev–Trinajstić information content (AvgIpc) is 2.96. The number of ether oxygens (including phenoxy) is 1. The van der Waals surface area contributed by atoms with Crippen molar-refractivity contribution in [2.24, 2.45) is 0 Å². The second-order valence-electron chi connectivity index (χ2n) is 6.34. The smallest absolute Gasteiger partial charge is 0.262 e. The highest BCUT2D eigenvalue weighted by molar-refractivity contribution is 6.33. The van der Waals surface area contributed by atoms with E-state index in [9.17, 15) is 4.79 Å². The molecule has 1 aliphatic rings. The maximum absolute atomic E-state index is 13.1. The van der Waals surface area contributed by atoms with E-state index in [0.29, 0.717) is 16.3 Å². The highest BCUT2D eigenvalue weighted by Crippen LogP contribution is 2.38. The molecule has 0 radical (unpaired) electrons. The zero-order valence-corrected chi connectivity index (χ0v) is 15.7. The Morgan fingerprint density at radius 3 is 2.63 bits per heavy atom. The first-order valence-electron chi connectivity index (χ1n) is 8.53. The molecule has 0 fully saturated rings. The van der Waals surface area contributed by atoms with Crippen LogP contribution in [0, 0.1) is 6.92 Å². The van der Waals surface area contributed by atoms with E-state index in [1.165, 1.54) is 0 Å². The number of nitrogens with one attached hydrogen (secondary N) is 1. The number of carbonyl (C=O) groups is 1. The molecule has 5 nitrogen and oxygen atoms in total. The van der Waals surface area contributed by atoms with Crippen LogP contribution in [0.5, 0.6) is 5.75 Å².